The Morgan fingerprint density at radius 1 is 0.912 bits per heavy atom. The number of unbranched alkanes of at least 4 members (excludes halogenated alkanes) is 1. The quantitative estimate of drug-likeness (QED) is 0.273. The number of hydrogen-bond donors (Lipinski definition) is 1. The molecule has 0 unspecified atom stereocenters. The maximum atomic E-state index is 13.6. The highest BCUT2D eigenvalue weighted by Crippen LogP contribution is 2.21. The van der Waals surface area contributed by atoms with Gasteiger partial charge in [-0.3, -0.25) is 9.59 Å². The molecule has 0 aliphatic heterocycles. The minimum absolute atomic E-state index is 0.0399. The van der Waals surface area contributed by atoms with Crippen LogP contribution in [0.1, 0.15) is 36.5 Å². The Morgan fingerprint density at radius 3 is 2.26 bits per heavy atom. The summed E-state index contributed by atoms with van der Waals surface area (Å²) >= 11 is 1.50. The van der Waals surface area contributed by atoms with E-state index in [4.69, 9.17) is 0 Å². The lowest BCUT2D eigenvalue weighted by Crippen LogP contribution is -2.51. The molecular formula is C29H34N2O2S. The number of amides is 2. The van der Waals surface area contributed by atoms with Crippen LogP contribution in [0.4, 0.5) is 0 Å². The zero-order valence-corrected chi connectivity index (χ0v) is 20.9. The van der Waals surface area contributed by atoms with Gasteiger partial charge in [-0.2, -0.15) is 0 Å². The van der Waals surface area contributed by atoms with Crippen LogP contribution in [-0.4, -0.2) is 35.1 Å². The van der Waals surface area contributed by atoms with Crippen molar-refractivity contribution < 1.29 is 9.59 Å². The van der Waals surface area contributed by atoms with Gasteiger partial charge < -0.3 is 10.2 Å². The first-order chi connectivity index (χ1) is 16.6. The van der Waals surface area contributed by atoms with Crippen LogP contribution >= 0.6 is 11.8 Å². The van der Waals surface area contributed by atoms with Crippen LogP contribution in [0.5, 0.6) is 0 Å². The summed E-state index contributed by atoms with van der Waals surface area (Å²) in [6.45, 7) is 5.15. The lowest BCUT2D eigenvalue weighted by molar-refractivity contribution is -0.139. The van der Waals surface area contributed by atoms with Crippen molar-refractivity contribution in [3.63, 3.8) is 0 Å². The average Bonchev–Trinajstić information content (AvgIpc) is 2.86. The fourth-order valence-corrected chi connectivity index (χ4v) is 4.62. The number of hydrogen-bond acceptors (Lipinski definition) is 3. The molecule has 0 saturated heterocycles. The second-order valence-corrected chi connectivity index (χ2v) is 9.51. The van der Waals surface area contributed by atoms with E-state index in [9.17, 15) is 9.59 Å². The normalized spacial score (nSPS) is 11.6. The van der Waals surface area contributed by atoms with E-state index in [1.807, 2.05) is 85.8 Å². The van der Waals surface area contributed by atoms with E-state index in [0.29, 0.717) is 19.5 Å². The van der Waals surface area contributed by atoms with Gasteiger partial charge in [-0.25, -0.2) is 0 Å². The SMILES string of the molecule is CCCCNC(=O)[C@H](Cc1ccccc1)N(Cc1cccc(C)c1)C(=O)CSc1ccccc1. The average molecular weight is 475 g/mol. The molecule has 5 heteroatoms. The van der Waals surface area contributed by atoms with Gasteiger partial charge in [-0.05, 0) is 36.6 Å². The lowest BCUT2D eigenvalue weighted by atomic mass is 10.0. The van der Waals surface area contributed by atoms with Crippen molar-refractivity contribution in [3.8, 4) is 0 Å². The smallest absolute Gasteiger partial charge is 0.243 e. The van der Waals surface area contributed by atoms with Gasteiger partial charge in [0.05, 0.1) is 5.75 Å². The van der Waals surface area contributed by atoms with Crippen molar-refractivity contribution in [1.29, 1.82) is 0 Å². The molecule has 0 fully saturated rings. The summed E-state index contributed by atoms with van der Waals surface area (Å²) in [7, 11) is 0. The predicted octanol–water partition coefficient (Wildman–Crippen LogP) is 5.64. The van der Waals surface area contributed by atoms with Gasteiger partial charge >= 0.3 is 0 Å². The number of aryl methyl sites for hydroxylation is 1. The van der Waals surface area contributed by atoms with Gasteiger partial charge in [0.2, 0.25) is 11.8 Å². The second-order valence-electron chi connectivity index (χ2n) is 8.46. The maximum absolute atomic E-state index is 13.6. The van der Waals surface area contributed by atoms with Crippen molar-refractivity contribution >= 4 is 23.6 Å². The summed E-state index contributed by atoms with van der Waals surface area (Å²) in [6.07, 6.45) is 2.40. The molecule has 2 amide bonds. The molecule has 1 atom stereocenters. The Morgan fingerprint density at radius 2 is 1.59 bits per heavy atom. The summed E-state index contributed by atoms with van der Waals surface area (Å²) in [5.74, 6) is 0.147. The zero-order chi connectivity index (χ0) is 24.2. The molecule has 1 N–H and O–H groups in total. The fourth-order valence-electron chi connectivity index (χ4n) is 3.81. The van der Waals surface area contributed by atoms with E-state index in [0.717, 1.165) is 34.4 Å². The number of nitrogens with one attached hydrogen (secondary N) is 1. The largest absolute Gasteiger partial charge is 0.354 e. The Kier molecular flexibility index (Phi) is 10.2. The van der Waals surface area contributed by atoms with Crippen LogP contribution in [0, 0.1) is 6.92 Å². The number of carbonyl (C=O) groups excluding carboxylic acids is 2. The van der Waals surface area contributed by atoms with Crippen LogP contribution in [0.15, 0.2) is 89.8 Å². The first-order valence-corrected chi connectivity index (χ1v) is 12.9. The first-order valence-electron chi connectivity index (χ1n) is 11.9. The number of benzene rings is 3. The van der Waals surface area contributed by atoms with Crippen LogP contribution in [0.2, 0.25) is 0 Å². The van der Waals surface area contributed by atoms with Crippen LogP contribution in [0.3, 0.4) is 0 Å². The highest BCUT2D eigenvalue weighted by molar-refractivity contribution is 8.00. The molecule has 0 aliphatic rings. The highest BCUT2D eigenvalue weighted by Gasteiger charge is 2.30. The minimum atomic E-state index is -0.580. The molecule has 3 aromatic rings. The molecule has 3 aromatic carbocycles. The molecule has 0 saturated carbocycles. The molecule has 0 heterocycles. The number of rotatable bonds is 12. The van der Waals surface area contributed by atoms with E-state index in [1.54, 1.807) is 4.90 Å². The standard InChI is InChI=1S/C29H34N2O2S/c1-3-4-18-30-29(33)27(20-24-13-7-5-8-14-24)31(21-25-15-11-12-23(2)19-25)28(32)22-34-26-16-9-6-10-17-26/h5-17,19,27H,3-4,18,20-22H2,1-2H3,(H,30,33)/t27-/m0/s1. The van der Waals surface area contributed by atoms with E-state index < -0.39 is 6.04 Å². The van der Waals surface area contributed by atoms with Gasteiger partial charge in [0.25, 0.3) is 0 Å². The van der Waals surface area contributed by atoms with Crippen LogP contribution in [-0.2, 0) is 22.6 Å². The fraction of sp³-hybridized carbons (Fsp3) is 0.310. The van der Waals surface area contributed by atoms with E-state index in [1.165, 1.54) is 11.8 Å². The highest BCUT2D eigenvalue weighted by atomic mass is 32.2. The van der Waals surface area contributed by atoms with Crippen LogP contribution in [0.25, 0.3) is 0 Å². The molecule has 0 aliphatic carbocycles. The molecule has 0 aromatic heterocycles. The van der Waals surface area contributed by atoms with Crippen molar-refractivity contribution in [3.05, 3.63) is 102 Å². The Labute approximate surface area is 207 Å². The third-order valence-corrected chi connectivity index (χ3v) is 6.64. The van der Waals surface area contributed by atoms with Crippen molar-refractivity contribution in [2.75, 3.05) is 12.3 Å². The second kappa shape index (κ2) is 13.6. The minimum Gasteiger partial charge on any atom is -0.354 e. The summed E-state index contributed by atoms with van der Waals surface area (Å²) in [4.78, 5) is 29.8. The molecule has 4 nitrogen and oxygen atoms in total. The van der Waals surface area contributed by atoms with E-state index >= 15 is 0 Å². The zero-order valence-electron chi connectivity index (χ0n) is 20.1. The van der Waals surface area contributed by atoms with Gasteiger partial charge in [0.15, 0.2) is 0 Å². The third-order valence-electron chi connectivity index (χ3n) is 5.64. The van der Waals surface area contributed by atoms with Gasteiger partial charge in [-0.1, -0.05) is 91.7 Å². The molecule has 3 rings (SSSR count). The summed E-state index contributed by atoms with van der Waals surface area (Å²) in [5.41, 5.74) is 3.20. The molecule has 0 bridgehead atoms. The van der Waals surface area contributed by atoms with E-state index in [-0.39, 0.29) is 17.6 Å². The number of nitrogens with zero attached hydrogens (tertiary/aromatic N) is 1. The molecule has 0 spiro atoms. The molecule has 0 radical (unpaired) electrons. The van der Waals surface area contributed by atoms with Gasteiger partial charge in [0.1, 0.15) is 6.04 Å². The Balaban J connectivity index is 1.87. The topological polar surface area (TPSA) is 49.4 Å². The first kappa shape index (κ1) is 25.6. The van der Waals surface area contributed by atoms with Crippen molar-refractivity contribution in [2.45, 2.75) is 50.6 Å². The molecular weight excluding hydrogens is 440 g/mol. The van der Waals surface area contributed by atoms with Crippen molar-refractivity contribution in [1.82, 2.24) is 10.2 Å². The number of carbonyl (C=O) groups is 2. The Bertz CT molecular complexity index is 1040. The summed E-state index contributed by atoms with van der Waals surface area (Å²) in [6, 6.07) is 27.4. The molecule has 34 heavy (non-hydrogen) atoms. The monoisotopic (exact) mass is 474 g/mol. The van der Waals surface area contributed by atoms with Gasteiger partial charge in [0, 0.05) is 24.4 Å². The maximum Gasteiger partial charge on any atom is 0.243 e. The number of thioether (sulfide) groups is 1. The van der Waals surface area contributed by atoms with Gasteiger partial charge in [-0.15, -0.1) is 11.8 Å². The summed E-state index contributed by atoms with van der Waals surface area (Å²) in [5, 5.41) is 3.07. The lowest BCUT2D eigenvalue weighted by Gasteiger charge is -2.31. The van der Waals surface area contributed by atoms with Crippen molar-refractivity contribution in [2.24, 2.45) is 0 Å². The third kappa shape index (κ3) is 8.07. The van der Waals surface area contributed by atoms with E-state index in [2.05, 4.69) is 18.3 Å². The van der Waals surface area contributed by atoms with Crippen LogP contribution < -0.4 is 5.32 Å². The molecule has 178 valence electrons. The predicted molar refractivity (Wildman–Crippen MR) is 141 cm³/mol. The Hall–Kier alpha value is -3.05. The summed E-state index contributed by atoms with van der Waals surface area (Å²) < 4.78 is 0.